The van der Waals surface area contributed by atoms with E-state index in [0.717, 1.165) is 12.0 Å². The van der Waals surface area contributed by atoms with Crippen LogP contribution in [0, 0.1) is 5.92 Å². The summed E-state index contributed by atoms with van der Waals surface area (Å²) < 4.78 is 0. The zero-order chi connectivity index (χ0) is 13.7. The fourth-order valence-electron chi connectivity index (χ4n) is 3.63. The molecule has 0 bridgehead atoms. The summed E-state index contributed by atoms with van der Waals surface area (Å²) in [6.07, 6.45) is 11.2. The second kappa shape index (κ2) is 7.08. The van der Waals surface area contributed by atoms with E-state index in [1.165, 1.54) is 71.0 Å². The van der Waals surface area contributed by atoms with E-state index in [2.05, 4.69) is 31.0 Å². The minimum absolute atomic E-state index is 0.397. The second-order valence-electron chi connectivity index (χ2n) is 7.14. The van der Waals surface area contributed by atoms with Gasteiger partial charge in [-0.3, -0.25) is 4.90 Å². The number of rotatable bonds is 7. The van der Waals surface area contributed by atoms with Gasteiger partial charge in [-0.25, -0.2) is 0 Å². The summed E-state index contributed by atoms with van der Waals surface area (Å²) in [5, 5.41) is 3.84. The van der Waals surface area contributed by atoms with Gasteiger partial charge in [0.05, 0.1) is 0 Å². The molecule has 2 unspecified atom stereocenters. The van der Waals surface area contributed by atoms with Gasteiger partial charge in [0.2, 0.25) is 0 Å². The van der Waals surface area contributed by atoms with Gasteiger partial charge in [-0.05, 0) is 58.5 Å². The van der Waals surface area contributed by atoms with Gasteiger partial charge >= 0.3 is 0 Å². The molecular formula is C17H34N2. The molecule has 0 aromatic rings. The second-order valence-corrected chi connectivity index (χ2v) is 7.14. The number of nitrogens with one attached hydrogen (secondary N) is 1. The first-order chi connectivity index (χ1) is 9.15. The van der Waals surface area contributed by atoms with Crippen LogP contribution in [0.25, 0.3) is 0 Å². The maximum absolute atomic E-state index is 3.84. The molecule has 0 spiro atoms. The molecule has 112 valence electrons. The molecule has 19 heavy (non-hydrogen) atoms. The van der Waals surface area contributed by atoms with Gasteiger partial charge in [-0.2, -0.15) is 0 Å². The van der Waals surface area contributed by atoms with Crippen molar-refractivity contribution in [1.82, 2.24) is 10.2 Å². The predicted molar refractivity (Wildman–Crippen MR) is 83.5 cm³/mol. The molecular weight excluding hydrogens is 232 g/mol. The van der Waals surface area contributed by atoms with Gasteiger partial charge in [0.1, 0.15) is 0 Å². The van der Waals surface area contributed by atoms with Crippen LogP contribution in [0.5, 0.6) is 0 Å². The molecule has 1 N–H and O–H groups in total. The standard InChI is InChI=1S/C17H34N2/c1-4-5-6-7-9-15(2)19-13-8-12-18-17(3,14-19)16-10-11-16/h15-16,18H,4-14H2,1-3H3. The SMILES string of the molecule is CCCCCCC(C)N1CCCNC(C)(C2CC2)C1. The molecule has 1 heterocycles. The summed E-state index contributed by atoms with van der Waals surface area (Å²) in [4.78, 5) is 2.77. The van der Waals surface area contributed by atoms with Crippen LogP contribution in [0.15, 0.2) is 0 Å². The largest absolute Gasteiger partial charge is 0.310 e. The van der Waals surface area contributed by atoms with Crippen molar-refractivity contribution >= 4 is 0 Å². The highest BCUT2D eigenvalue weighted by atomic mass is 15.2. The van der Waals surface area contributed by atoms with E-state index < -0.39 is 0 Å². The lowest BCUT2D eigenvalue weighted by atomic mass is 9.94. The number of nitrogens with zero attached hydrogens (tertiary/aromatic N) is 1. The summed E-state index contributed by atoms with van der Waals surface area (Å²) >= 11 is 0. The maximum atomic E-state index is 3.84. The average molecular weight is 266 g/mol. The molecule has 0 aromatic heterocycles. The van der Waals surface area contributed by atoms with Crippen LogP contribution in [-0.2, 0) is 0 Å². The van der Waals surface area contributed by atoms with E-state index in [9.17, 15) is 0 Å². The first-order valence-corrected chi connectivity index (χ1v) is 8.65. The minimum atomic E-state index is 0.397. The van der Waals surface area contributed by atoms with Gasteiger partial charge in [-0.15, -0.1) is 0 Å². The third-order valence-corrected chi connectivity index (χ3v) is 5.26. The molecule has 2 rings (SSSR count). The first kappa shape index (κ1) is 15.3. The van der Waals surface area contributed by atoms with Crippen molar-refractivity contribution in [2.24, 2.45) is 5.92 Å². The lowest BCUT2D eigenvalue weighted by Gasteiger charge is -2.37. The Labute approximate surface area is 120 Å². The Balaban J connectivity index is 1.80. The van der Waals surface area contributed by atoms with Gasteiger partial charge in [0.15, 0.2) is 0 Å². The highest BCUT2D eigenvalue weighted by Gasteiger charge is 2.43. The van der Waals surface area contributed by atoms with Crippen molar-refractivity contribution in [3.63, 3.8) is 0 Å². The Hall–Kier alpha value is -0.0800. The van der Waals surface area contributed by atoms with E-state index in [4.69, 9.17) is 0 Å². The van der Waals surface area contributed by atoms with E-state index in [0.29, 0.717) is 5.54 Å². The first-order valence-electron chi connectivity index (χ1n) is 8.65. The van der Waals surface area contributed by atoms with Crippen LogP contribution in [-0.4, -0.2) is 36.1 Å². The molecule has 2 heteroatoms. The van der Waals surface area contributed by atoms with Gasteiger partial charge in [0.25, 0.3) is 0 Å². The summed E-state index contributed by atoms with van der Waals surface area (Å²) in [7, 11) is 0. The minimum Gasteiger partial charge on any atom is -0.310 e. The highest BCUT2D eigenvalue weighted by Crippen LogP contribution is 2.40. The Kier molecular flexibility index (Phi) is 5.70. The maximum Gasteiger partial charge on any atom is 0.0308 e. The van der Waals surface area contributed by atoms with E-state index >= 15 is 0 Å². The molecule has 2 aliphatic rings. The Morgan fingerprint density at radius 2 is 2.05 bits per heavy atom. The van der Waals surface area contributed by atoms with E-state index in [-0.39, 0.29) is 0 Å². The highest BCUT2D eigenvalue weighted by molar-refractivity contribution is 5.01. The molecule has 1 aliphatic heterocycles. The Bertz CT molecular complexity index is 262. The van der Waals surface area contributed by atoms with Crippen molar-refractivity contribution in [3.05, 3.63) is 0 Å². The van der Waals surface area contributed by atoms with Crippen molar-refractivity contribution in [3.8, 4) is 0 Å². The topological polar surface area (TPSA) is 15.3 Å². The van der Waals surface area contributed by atoms with Crippen LogP contribution in [0.3, 0.4) is 0 Å². The Morgan fingerprint density at radius 1 is 1.26 bits per heavy atom. The van der Waals surface area contributed by atoms with Crippen LogP contribution in [0.1, 0.15) is 72.1 Å². The zero-order valence-electron chi connectivity index (χ0n) is 13.4. The molecule has 1 saturated carbocycles. The molecule has 0 radical (unpaired) electrons. The van der Waals surface area contributed by atoms with E-state index in [1.54, 1.807) is 0 Å². The van der Waals surface area contributed by atoms with Crippen LogP contribution >= 0.6 is 0 Å². The van der Waals surface area contributed by atoms with E-state index in [1.807, 2.05) is 0 Å². The number of unbranched alkanes of at least 4 members (excludes halogenated alkanes) is 3. The quantitative estimate of drug-likeness (QED) is 0.705. The lowest BCUT2D eigenvalue weighted by Crippen LogP contribution is -2.52. The molecule has 2 atom stereocenters. The molecule has 1 aliphatic carbocycles. The van der Waals surface area contributed by atoms with Crippen LogP contribution < -0.4 is 5.32 Å². The molecule has 0 aromatic carbocycles. The zero-order valence-corrected chi connectivity index (χ0v) is 13.4. The fraction of sp³-hybridized carbons (Fsp3) is 1.00. The monoisotopic (exact) mass is 266 g/mol. The number of hydrogen-bond acceptors (Lipinski definition) is 2. The summed E-state index contributed by atoms with van der Waals surface area (Å²) in [6, 6.07) is 0.773. The summed E-state index contributed by atoms with van der Waals surface area (Å²) in [6.45, 7) is 11.0. The van der Waals surface area contributed by atoms with Crippen molar-refractivity contribution in [2.75, 3.05) is 19.6 Å². The smallest absolute Gasteiger partial charge is 0.0308 e. The van der Waals surface area contributed by atoms with Gasteiger partial charge < -0.3 is 5.32 Å². The van der Waals surface area contributed by atoms with Crippen molar-refractivity contribution < 1.29 is 0 Å². The number of hydrogen-bond donors (Lipinski definition) is 1. The molecule has 1 saturated heterocycles. The van der Waals surface area contributed by atoms with Gasteiger partial charge in [0, 0.05) is 18.1 Å². The summed E-state index contributed by atoms with van der Waals surface area (Å²) in [5.74, 6) is 0.945. The predicted octanol–water partition coefficient (Wildman–Crippen LogP) is 3.81. The molecule has 2 nitrogen and oxygen atoms in total. The lowest BCUT2D eigenvalue weighted by molar-refractivity contribution is 0.151. The summed E-state index contributed by atoms with van der Waals surface area (Å²) in [5.41, 5.74) is 0.397. The average Bonchev–Trinajstić information content (AvgIpc) is 3.21. The fourth-order valence-corrected chi connectivity index (χ4v) is 3.63. The van der Waals surface area contributed by atoms with Gasteiger partial charge in [-0.1, -0.05) is 32.6 Å². The molecule has 2 fully saturated rings. The Morgan fingerprint density at radius 3 is 2.74 bits per heavy atom. The van der Waals surface area contributed by atoms with Crippen molar-refractivity contribution in [1.29, 1.82) is 0 Å². The van der Waals surface area contributed by atoms with Crippen molar-refractivity contribution in [2.45, 2.75) is 83.7 Å². The third-order valence-electron chi connectivity index (χ3n) is 5.26. The normalized spacial score (nSPS) is 31.1. The van der Waals surface area contributed by atoms with Crippen LogP contribution in [0.4, 0.5) is 0 Å². The third kappa shape index (κ3) is 4.46. The molecule has 0 amide bonds. The van der Waals surface area contributed by atoms with Crippen LogP contribution in [0.2, 0.25) is 0 Å².